The van der Waals surface area contributed by atoms with E-state index in [4.69, 9.17) is 5.11 Å². The number of amides is 2. The van der Waals surface area contributed by atoms with Gasteiger partial charge in [0.1, 0.15) is 0 Å². The number of halogens is 3. The standard InChI is InChI=1S/C13H15F3N2O2/c14-13(15,16)11-4-2-1-3-10(11)9-7-17-12(20)18(8-9)5-6-19/h1-4,9,19H,5-8H2,(H,17,20). The molecule has 4 nitrogen and oxygen atoms in total. The van der Waals surface area contributed by atoms with Crippen LogP contribution in [0.2, 0.25) is 0 Å². The first-order valence-corrected chi connectivity index (χ1v) is 6.23. The number of carbonyl (C=O) groups excluding carboxylic acids is 1. The highest BCUT2D eigenvalue weighted by Gasteiger charge is 2.36. The van der Waals surface area contributed by atoms with Gasteiger partial charge < -0.3 is 15.3 Å². The van der Waals surface area contributed by atoms with E-state index >= 15 is 0 Å². The van der Waals surface area contributed by atoms with Crippen LogP contribution in [0, 0.1) is 0 Å². The average Bonchev–Trinajstić information content (AvgIpc) is 2.41. The maximum Gasteiger partial charge on any atom is 0.416 e. The van der Waals surface area contributed by atoms with Gasteiger partial charge in [0, 0.05) is 25.6 Å². The fourth-order valence-electron chi connectivity index (χ4n) is 2.37. The molecule has 110 valence electrons. The molecule has 20 heavy (non-hydrogen) atoms. The number of nitrogens with one attached hydrogen (secondary N) is 1. The maximum atomic E-state index is 13.0. The van der Waals surface area contributed by atoms with E-state index in [-0.39, 0.29) is 37.8 Å². The average molecular weight is 288 g/mol. The summed E-state index contributed by atoms with van der Waals surface area (Å²) in [6.07, 6.45) is -4.42. The van der Waals surface area contributed by atoms with Gasteiger partial charge in [0.15, 0.2) is 0 Å². The summed E-state index contributed by atoms with van der Waals surface area (Å²) < 4.78 is 39.0. The minimum absolute atomic E-state index is 0.108. The van der Waals surface area contributed by atoms with Crippen LogP contribution in [0.25, 0.3) is 0 Å². The van der Waals surface area contributed by atoms with Crippen LogP contribution >= 0.6 is 0 Å². The first-order valence-electron chi connectivity index (χ1n) is 6.23. The third-order valence-electron chi connectivity index (χ3n) is 3.30. The Kier molecular flexibility index (Phi) is 4.17. The molecule has 1 fully saturated rings. The van der Waals surface area contributed by atoms with Gasteiger partial charge in [-0.1, -0.05) is 18.2 Å². The molecule has 1 aliphatic rings. The Morgan fingerprint density at radius 1 is 1.35 bits per heavy atom. The summed E-state index contributed by atoms with van der Waals surface area (Å²) in [5.74, 6) is -0.447. The number of carbonyl (C=O) groups is 1. The van der Waals surface area contributed by atoms with E-state index in [1.165, 1.54) is 17.0 Å². The summed E-state index contributed by atoms with van der Waals surface area (Å²) in [6, 6.07) is 5.01. The number of β-amino-alcohol motifs (C(OH)–C–C–N with tert-alkyl or cyclic N) is 1. The van der Waals surface area contributed by atoms with E-state index in [0.29, 0.717) is 0 Å². The van der Waals surface area contributed by atoms with Crippen molar-refractivity contribution in [3.05, 3.63) is 35.4 Å². The van der Waals surface area contributed by atoms with Gasteiger partial charge in [0.25, 0.3) is 0 Å². The Balaban J connectivity index is 2.26. The number of rotatable bonds is 3. The predicted octanol–water partition coefficient (Wildman–Crippen LogP) is 1.81. The van der Waals surface area contributed by atoms with Gasteiger partial charge in [0.05, 0.1) is 12.2 Å². The summed E-state index contributed by atoms with van der Waals surface area (Å²) in [5, 5.41) is 11.4. The first-order chi connectivity index (χ1) is 9.43. The largest absolute Gasteiger partial charge is 0.416 e. The van der Waals surface area contributed by atoms with Crippen molar-refractivity contribution < 1.29 is 23.1 Å². The van der Waals surface area contributed by atoms with E-state index in [1.54, 1.807) is 6.07 Å². The molecule has 1 heterocycles. The van der Waals surface area contributed by atoms with Crippen molar-refractivity contribution in [3.8, 4) is 0 Å². The lowest BCUT2D eigenvalue weighted by atomic mass is 9.92. The number of nitrogens with zero attached hydrogens (tertiary/aromatic N) is 1. The minimum Gasteiger partial charge on any atom is -0.395 e. The molecule has 0 aliphatic carbocycles. The Morgan fingerprint density at radius 2 is 2.05 bits per heavy atom. The molecule has 0 aromatic heterocycles. The molecule has 0 radical (unpaired) electrons. The van der Waals surface area contributed by atoms with Crippen LogP contribution in [0.3, 0.4) is 0 Å². The Bertz CT molecular complexity index is 491. The maximum absolute atomic E-state index is 13.0. The molecule has 7 heteroatoms. The number of urea groups is 1. The molecule has 1 saturated heterocycles. The van der Waals surface area contributed by atoms with Crippen LogP contribution in [0.15, 0.2) is 24.3 Å². The monoisotopic (exact) mass is 288 g/mol. The molecule has 2 rings (SSSR count). The van der Waals surface area contributed by atoms with Crippen LogP contribution in [0.1, 0.15) is 17.0 Å². The van der Waals surface area contributed by atoms with Gasteiger partial charge >= 0.3 is 12.2 Å². The third kappa shape index (κ3) is 3.04. The van der Waals surface area contributed by atoms with Crippen LogP contribution in [0.4, 0.5) is 18.0 Å². The van der Waals surface area contributed by atoms with Crippen LogP contribution in [-0.4, -0.2) is 42.3 Å². The molecule has 0 bridgehead atoms. The molecular formula is C13H15F3N2O2. The molecule has 1 aliphatic heterocycles. The summed E-state index contributed by atoms with van der Waals surface area (Å²) in [5.41, 5.74) is -0.506. The predicted molar refractivity (Wildman–Crippen MR) is 66.2 cm³/mol. The van der Waals surface area contributed by atoms with Crippen LogP contribution in [0.5, 0.6) is 0 Å². The van der Waals surface area contributed by atoms with Gasteiger partial charge in [-0.25, -0.2) is 4.79 Å². The highest BCUT2D eigenvalue weighted by molar-refractivity contribution is 5.75. The molecule has 1 aromatic rings. The van der Waals surface area contributed by atoms with Crippen LogP contribution in [-0.2, 0) is 6.18 Å². The topological polar surface area (TPSA) is 52.6 Å². The van der Waals surface area contributed by atoms with Gasteiger partial charge in [-0.2, -0.15) is 13.2 Å². The Labute approximate surface area is 114 Å². The molecule has 1 aromatic carbocycles. The number of hydrogen-bond acceptors (Lipinski definition) is 2. The highest BCUT2D eigenvalue weighted by atomic mass is 19.4. The smallest absolute Gasteiger partial charge is 0.395 e. The molecule has 0 spiro atoms. The van der Waals surface area contributed by atoms with Crippen molar-refractivity contribution in [3.63, 3.8) is 0 Å². The zero-order chi connectivity index (χ0) is 14.8. The van der Waals surface area contributed by atoms with Crippen LogP contribution < -0.4 is 5.32 Å². The molecule has 2 N–H and O–H groups in total. The van der Waals surface area contributed by atoms with Gasteiger partial charge in [-0.05, 0) is 11.6 Å². The molecule has 0 saturated carbocycles. The second kappa shape index (κ2) is 5.70. The number of alkyl halides is 3. The van der Waals surface area contributed by atoms with E-state index in [1.807, 2.05) is 0 Å². The molecule has 1 unspecified atom stereocenters. The normalized spacial score (nSPS) is 19.9. The zero-order valence-electron chi connectivity index (χ0n) is 10.7. The van der Waals surface area contributed by atoms with Gasteiger partial charge in [0.2, 0.25) is 0 Å². The van der Waals surface area contributed by atoms with E-state index in [9.17, 15) is 18.0 Å². The SMILES string of the molecule is O=C1NCC(c2ccccc2C(F)(F)F)CN1CCO. The number of hydrogen-bond donors (Lipinski definition) is 2. The van der Waals surface area contributed by atoms with E-state index in [0.717, 1.165) is 6.07 Å². The number of aliphatic hydroxyl groups is 1. The summed E-state index contributed by atoms with van der Waals surface area (Å²) in [6.45, 7) is 0.213. The fourth-order valence-corrected chi connectivity index (χ4v) is 2.37. The van der Waals surface area contributed by atoms with Crippen molar-refractivity contribution in [2.24, 2.45) is 0 Å². The molecular weight excluding hydrogens is 273 g/mol. The second-order valence-corrected chi connectivity index (χ2v) is 4.64. The van der Waals surface area contributed by atoms with Crippen molar-refractivity contribution >= 4 is 6.03 Å². The van der Waals surface area contributed by atoms with Gasteiger partial charge in [-0.15, -0.1) is 0 Å². The highest BCUT2D eigenvalue weighted by Crippen LogP contribution is 2.35. The summed E-state index contributed by atoms with van der Waals surface area (Å²) in [7, 11) is 0. The summed E-state index contributed by atoms with van der Waals surface area (Å²) in [4.78, 5) is 12.8. The van der Waals surface area contributed by atoms with Crippen molar-refractivity contribution in [1.29, 1.82) is 0 Å². The zero-order valence-corrected chi connectivity index (χ0v) is 10.7. The summed E-state index contributed by atoms with van der Waals surface area (Å²) >= 11 is 0. The quantitative estimate of drug-likeness (QED) is 0.891. The second-order valence-electron chi connectivity index (χ2n) is 4.64. The lowest BCUT2D eigenvalue weighted by molar-refractivity contribution is -0.138. The Morgan fingerprint density at radius 3 is 2.70 bits per heavy atom. The number of benzene rings is 1. The molecule has 2 amide bonds. The van der Waals surface area contributed by atoms with Crippen molar-refractivity contribution in [1.82, 2.24) is 10.2 Å². The lowest BCUT2D eigenvalue weighted by Crippen LogP contribution is -2.51. The van der Waals surface area contributed by atoms with E-state index in [2.05, 4.69) is 5.32 Å². The minimum atomic E-state index is -4.42. The van der Waals surface area contributed by atoms with E-state index < -0.39 is 17.7 Å². The Hall–Kier alpha value is -1.76. The fraction of sp³-hybridized carbons (Fsp3) is 0.462. The first kappa shape index (κ1) is 14.6. The van der Waals surface area contributed by atoms with Crippen molar-refractivity contribution in [2.45, 2.75) is 12.1 Å². The van der Waals surface area contributed by atoms with Gasteiger partial charge in [-0.3, -0.25) is 0 Å². The third-order valence-corrected chi connectivity index (χ3v) is 3.30. The molecule has 1 atom stereocenters. The lowest BCUT2D eigenvalue weighted by Gasteiger charge is -2.34. The van der Waals surface area contributed by atoms with Crippen molar-refractivity contribution in [2.75, 3.05) is 26.2 Å². The number of aliphatic hydroxyl groups excluding tert-OH is 1.